The lowest BCUT2D eigenvalue weighted by molar-refractivity contribution is 0.461. The number of ether oxygens (including phenoxy) is 1. The van der Waals surface area contributed by atoms with Crippen LogP contribution in [0, 0.1) is 6.92 Å². The molecule has 3 aromatic rings. The van der Waals surface area contributed by atoms with Gasteiger partial charge in [0.2, 0.25) is 5.88 Å². The molecular weight excluding hydrogens is 338 g/mol. The lowest BCUT2D eigenvalue weighted by Gasteiger charge is -2.10. The van der Waals surface area contributed by atoms with Crippen molar-refractivity contribution in [2.75, 3.05) is 0 Å². The molecule has 3 rings (SSSR count). The standard InChI is InChI=1S/C16H11BrClNO/c1-10-8-11-4-2-3-5-14(11)19-16(10)20-15-9-12(17)6-7-13(15)18/h2-9H,1H3. The summed E-state index contributed by atoms with van der Waals surface area (Å²) in [5.74, 6) is 1.16. The van der Waals surface area contributed by atoms with Crippen molar-refractivity contribution in [1.82, 2.24) is 4.98 Å². The largest absolute Gasteiger partial charge is 0.437 e. The Morgan fingerprint density at radius 2 is 1.90 bits per heavy atom. The fourth-order valence-electron chi connectivity index (χ4n) is 1.97. The van der Waals surface area contributed by atoms with Crippen molar-refractivity contribution in [3.63, 3.8) is 0 Å². The second-order valence-corrected chi connectivity index (χ2v) is 5.80. The van der Waals surface area contributed by atoms with Gasteiger partial charge in [-0.3, -0.25) is 0 Å². The molecule has 0 saturated heterocycles. The number of aryl methyl sites for hydroxylation is 1. The third kappa shape index (κ3) is 2.65. The van der Waals surface area contributed by atoms with E-state index in [-0.39, 0.29) is 0 Å². The van der Waals surface area contributed by atoms with Crippen molar-refractivity contribution >= 4 is 38.4 Å². The van der Waals surface area contributed by atoms with E-state index >= 15 is 0 Å². The molecule has 0 aliphatic heterocycles. The molecule has 2 nitrogen and oxygen atoms in total. The van der Waals surface area contributed by atoms with Crippen LogP contribution >= 0.6 is 27.5 Å². The molecule has 0 bridgehead atoms. The molecule has 0 amide bonds. The van der Waals surface area contributed by atoms with Gasteiger partial charge in [-0.05, 0) is 37.3 Å². The first-order chi connectivity index (χ1) is 9.63. The molecule has 2 aromatic carbocycles. The van der Waals surface area contributed by atoms with E-state index in [0.29, 0.717) is 16.7 Å². The first-order valence-corrected chi connectivity index (χ1v) is 7.30. The molecule has 0 atom stereocenters. The van der Waals surface area contributed by atoms with Crippen LogP contribution in [0.2, 0.25) is 5.02 Å². The highest BCUT2D eigenvalue weighted by Crippen LogP contribution is 2.33. The minimum atomic E-state index is 0.558. The minimum Gasteiger partial charge on any atom is -0.437 e. The summed E-state index contributed by atoms with van der Waals surface area (Å²) in [5.41, 5.74) is 1.87. The Morgan fingerprint density at radius 3 is 2.75 bits per heavy atom. The maximum absolute atomic E-state index is 6.14. The van der Waals surface area contributed by atoms with Crippen LogP contribution in [0.5, 0.6) is 11.6 Å². The van der Waals surface area contributed by atoms with E-state index in [1.54, 1.807) is 6.07 Å². The molecule has 1 aromatic heterocycles. The van der Waals surface area contributed by atoms with Gasteiger partial charge in [-0.15, -0.1) is 0 Å². The van der Waals surface area contributed by atoms with Crippen LogP contribution in [0.3, 0.4) is 0 Å². The molecule has 0 aliphatic rings. The Hall–Kier alpha value is -1.58. The van der Waals surface area contributed by atoms with Crippen molar-refractivity contribution in [1.29, 1.82) is 0 Å². The lowest BCUT2D eigenvalue weighted by atomic mass is 10.2. The maximum atomic E-state index is 6.14. The first kappa shape index (κ1) is 13.4. The SMILES string of the molecule is Cc1cc2ccccc2nc1Oc1cc(Br)ccc1Cl. The van der Waals surface area contributed by atoms with E-state index in [1.165, 1.54) is 0 Å². The van der Waals surface area contributed by atoms with Crippen LogP contribution in [0.4, 0.5) is 0 Å². The minimum absolute atomic E-state index is 0.558. The zero-order valence-electron chi connectivity index (χ0n) is 10.7. The summed E-state index contributed by atoms with van der Waals surface area (Å²) in [4.78, 5) is 4.54. The van der Waals surface area contributed by atoms with Crippen molar-refractivity contribution < 1.29 is 4.74 Å². The van der Waals surface area contributed by atoms with Crippen LogP contribution in [-0.2, 0) is 0 Å². The molecule has 0 radical (unpaired) electrons. The smallest absolute Gasteiger partial charge is 0.222 e. The highest BCUT2D eigenvalue weighted by Gasteiger charge is 2.09. The van der Waals surface area contributed by atoms with Crippen LogP contribution in [0.1, 0.15) is 5.56 Å². The Labute approximate surface area is 130 Å². The molecule has 4 heteroatoms. The second kappa shape index (κ2) is 5.43. The van der Waals surface area contributed by atoms with Gasteiger partial charge in [0.25, 0.3) is 0 Å². The molecule has 0 unspecified atom stereocenters. The van der Waals surface area contributed by atoms with Crippen LogP contribution < -0.4 is 4.74 Å². The predicted molar refractivity (Wildman–Crippen MR) is 85.7 cm³/mol. The Kier molecular flexibility index (Phi) is 3.64. The fraction of sp³-hybridized carbons (Fsp3) is 0.0625. The van der Waals surface area contributed by atoms with Gasteiger partial charge in [0, 0.05) is 15.4 Å². The number of halogens is 2. The van der Waals surface area contributed by atoms with Crippen molar-refractivity contribution in [2.24, 2.45) is 0 Å². The topological polar surface area (TPSA) is 22.1 Å². The summed E-state index contributed by atoms with van der Waals surface area (Å²) in [7, 11) is 0. The monoisotopic (exact) mass is 347 g/mol. The number of fused-ring (bicyclic) bond motifs is 1. The molecule has 20 heavy (non-hydrogen) atoms. The van der Waals surface area contributed by atoms with Gasteiger partial charge < -0.3 is 4.74 Å². The first-order valence-electron chi connectivity index (χ1n) is 6.13. The van der Waals surface area contributed by atoms with Crippen molar-refractivity contribution in [2.45, 2.75) is 6.92 Å². The number of pyridine rings is 1. The van der Waals surface area contributed by atoms with Crippen LogP contribution in [0.25, 0.3) is 10.9 Å². The van der Waals surface area contributed by atoms with Gasteiger partial charge in [0.05, 0.1) is 10.5 Å². The molecule has 0 saturated carbocycles. The maximum Gasteiger partial charge on any atom is 0.222 e. The van der Waals surface area contributed by atoms with Gasteiger partial charge in [0.15, 0.2) is 0 Å². The van der Waals surface area contributed by atoms with Crippen molar-refractivity contribution in [3.05, 3.63) is 63.6 Å². The van der Waals surface area contributed by atoms with E-state index < -0.39 is 0 Å². The zero-order chi connectivity index (χ0) is 14.1. The summed E-state index contributed by atoms with van der Waals surface area (Å²) in [5, 5.41) is 1.65. The Morgan fingerprint density at radius 1 is 1.10 bits per heavy atom. The molecular formula is C16H11BrClNO. The van der Waals surface area contributed by atoms with Gasteiger partial charge >= 0.3 is 0 Å². The van der Waals surface area contributed by atoms with E-state index in [2.05, 4.69) is 27.0 Å². The summed E-state index contributed by atoms with van der Waals surface area (Å²) >= 11 is 9.55. The molecule has 0 spiro atoms. The van der Waals surface area contributed by atoms with E-state index in [4.69, 9.17) is 16.3 Å². The number of aromatic nitrogens is 1. The summed E-state index contributed by atoms with van der Waals surface area (Å²) in [6, 6.07) is 15.5. The molecule has 100 valence electrons. The Balaban J connectivity index is 2.06. The fourth-order valence-corrected chi connectivity index (χ4v) is 2.46. The van der Waals surface area contributed by atoms with Gasteiger partial charge in [-0.2, -0.15) is 0 Å². The molecule has 1 heterocycles. The van der Waals surface area contributed by atoms with E-state index in [1.807, 2.05) is 43.3 Å². The highest BCUT2D eigenvalue weighted by molar-refractivity contribution is 9.10. The van der Waals surface area contributed by atoms with E-state index in [0.717, 1.165) is 20.9 Å². The third-order valence-electron chi connectivity index (χ3n) is 2.97. The summed E-state index contributed by atoms with van der Waals surface area (Å²) < 4.78 is 6.77. The number of para-hydroxylation sites is 1. The number of hydrogen-bond donors (Lipinski definition) is 0. The van der Waals surface area contributed by atoms with Gasteiger partial charge in [-0.25, -0.2) is 4.98 Å². The van der Waals surface area contributed by atoms with Crippen LogP contribution in [0.15, 0.2) is 53.0 Å². The van der Waals surface area contributed by atoms with E-state index in [9.17, 15) is 0 Å². The third-order valence-corrected chi connectivity index (χ3v) is 3.77. The van der Waals surface area contributed by atoms with Gasteiger partial charge in [-0.1, -0.05) is 45.7 Å². The number of benzene rings is 2. The quantitative estimate of drug-likeness (QED) is 0.588. The van der Waals surface area contributed by atoms with Crippen molar-refractivity contribution in [3.8, 4) is 11.6 Å². The summed E-state index contributed by atoms with van der Waals surface area (Å²) in [6.07, 6.45) is 0. The lowest BCUT2D eigenvalue weighted by Crippen LogP contribution is -1.93. The average Bonchev–Trinajstić information content (AvgIpc) is 2.43. The van der Waals surface area contributed by atoms with Crippen LogP contribution in [-0.4, -0.2) is 4.98 Å². The predicted octanol–water partition coefficient (Wildman–Crippen LogP) is 5.75. The highest BCUT2D eigenvalue weighted by atomic mass is 79.9. The summed E-state index contributed by atoms with van der Waals surface area (Å²) in [6.45, 7) is 1.97. The van der Waals surface area contributed by atoms with Gasteiger partial charge in [0.1, 0.15) is 5.75 Å². The molecule has 0 N–H and O–H groups in total. The second-order valence-electron chi connectivity index (χ2n) is 4.48. The number of hydrogen-bond acceptors (Lipinski definition) is 2. The number of rotatable bonds is 2. The zero-order valence-corrected chi connectivity index (χ0v) is 13.1. The molecule has 0 fully saturated rings. The number of nitrogens with zero attached hydrogens (tertiary/aromatic N) is 1. The average molecular weight is 349 g/mol. The normalized spacial score (nSPS) is 10.8. The molecule has 0 aliphatic carbocycles. The Bertz CT molecular complexity index is 789.